The molecule has 16 N–H and O–H groups in total. The number of rotatable bonds is 18. The van der Waals surface area contributed by atoms with Gasteiger partial charge in [0.2, 0.25) is 6.29 Å². The fourth-order valence-electron chi connectivity index (χ4n) is 17.3. The van der Waals surface area contributed by atoms with Gasteiger partial charge in [-0.3, -0.25) is 14.4 Å². The van der Waals surface area contributed by atoms with Crippen LogP contribution in [0.1, 0.15) is 126 Å². The van der Waals surface area contributed by atoms with Crippen LogP contribution in [-0.4, -0.2) is 267 Å². The van der Waals surface area contributed by atoms with Crippen LogP contribution in [0.15, 0.2) is 11.6 Å². The summed E-state index contributed by atoms with van der Waals surface area (Å²) in [6.07, 6.45) is -29.9. The molecule has 4 aliphatic heterocycles. The van der Waals surface area contributed by atoms with Crippen LogP contribution in [0, 0.1) is 50.2 Å². The number of carbonyl (C=O) groups excluding carboxylic acids is 2. The molecule has 0 spiro atoms. The maximum Gasteiger partial charge on any atom is 0.315 e. The SMILES string of the molecule is CC1(C)CC[C@]2(C(=O)O[C@@H]3O[C@H](CO[C@@H]4O[C@H](COC(=O)CC(C)(O)CC(=O)O)[C@@H](O)[C@H](O)[C@H]4O)[C@H](O)[C@H](O[C@@H]4O[C@H](CO)[C@@H](O)[C@H](O)[C@H]4O)[C@H]3O)CC[C@]3(C)C(=CCC4[C@@]5(C)CC[C@H](O[C@@H]6O[C@H](CO)[C@@H](O)[C@H](O)[C@H]6O)[C@@](C)(CO)C5CC[C@]43C)[C@@H]2C1. The van der Waals surface area contributed by atoms with E-state index >= 15 is 4.79 Å². The Morgan fingerprint density at radius 3 is 1.73 bits per heavy atom. The molecule has 28 nitrogen and oxygen atoms in total. The van der Waals surface area contributed by atoms with E-state index in [1.807, 2.05) is 6.92 Å². The Morgan fingerprint density at radius 2 is 1.14 bits per heavy atom. The maximum atomic E-state index is 15.6. The third kappa shape index (κ3) is 12.4. The molecular weight excluding hydrogens is 1170 g/mol. The van der Waals surface area contributed by atoms with E-state index in [1.165, 1.54) is 0 Å². The Morgan fingerprint density at radius 1 is 0.591 bits per heavy atom. The second kappa shape index (κ2) is 25.9. The van der Waals surface area contributed by atoms with Gasteiger partial charge in [0.25, 0.3) is 0 Å². The molecule has 0 aromatic heterocycles. The molecule has 4 heterocycles. The highest BCUT2D eigenvalue weighted by atomic mass is 16.8. The summed E-state index contributed by atoms with van der Waals surface area (Å²) in [6.45, 7) is 10.9. The van der Waals surface area contributed by atoms with Crippen molar-refractivity contribution in [2.24, 2.45) is 50.2 Å². The third-order valence-corrected chi connectivity index (χ3v) is 22.8. The summed E-state index contributed by atoms with van der Waals surface area (Å²) in [5.74, 6) is -3.62. The number of aliphatic carboxylic acids is 1. The van der Waals surface area contributed by atoms with Crippen LogP contribution in [0.3, 0.4) is 0 Å². The van der Waals surface area contributed by atoms with Gasteiger partial charge in [0, 0.05) is 5.41 Å². The zero-order chi connectivity index (χ0) is 64.8. The van der Waals surface area contributed by atoms with Crippen LogP contribution >= 0.6 is 0 Å². The molecule has 4 saturated heterocycles. The van der Waals surface area contributed by atoms with Gasteiger partial charge in [0.1, 0.15) is 104 Å². The van der Waals surface area contributed by atoms with Crippen LogP contribution in [0.4, 0.5) is 0 Å². The van der Waals surface area contributed by atoms with Crippen LogP contribution in [0.2, 0.25) is 0 Å². The number of carboxylic acid groups (broad SMARTS) is 1. The highest BCUT2D eigenvalue weighted by molar-refractivity contribution is 5.79. The van der Waals surface area contributed by atoms with E-state index in [4.69, 9.17) is 47.7 Å². The molecule has 0 aromatic rings. The average Bonchev–Trinajstić information content (AvgIpc) is 0.711. The van der Waals surface area contributed by atoms with Gasteiger partial charge < -0.3 is 124 Å². The number of aliphatic hydroxyl groups excluding tert-OH is 14. The smallest absolute Gasteiger partial charge is 0.315 e. The van der Waals surface area contributed by atoms with Crippen molar-refractivity contribution in [2.75, 3.05) is 33.0 Å². The summed E-state index contributed by atoms with van der Waals surface area (Å²) in [6, 6.07) is 0. The number of aliphatic hydroxyl groups is 15. The molecule has 9 rings (SSSR count). The zero-order valence-electron chi connectivity index (χ0n) is 51.0. The number of hydrogen-bond acceptors (Lipinski definition) is 27. The van der Waals surface area contributed by atoms with Crippen molar-refractivity contribution in [3.63, 3.8) is 0 Å². The van der Waals surface area contributed by atoms with Crippen molar-refractivity contribution < 1.29 is 139 Å². The lowest BCUT2D eigenvalue weighted by Crippen LogP contribution is -2.67. The summed E-state index contributed by atoms with van der Waals surface area (Å²) in [7, 11) is 0. The summed E-state index contributed by atoms with van der Waals surface area (Å²) < 4.78 is 53.0. The Labute approximate surface area is 510 Å². The highest BCUT2D eigenvalue weighted by Gasteiger charge is 2.71. The van der Waals surface area contributed by atoms with Gasteiger partial charge in [-0.05, 0) is 111 Å². The molecule has 3 unspecified atom stereocenters. The van der Waals surface area contributed by atoms with E-state index in [0.717, 1.165) is 18.9 Å². The van der Waals surface area contributed by atoms with Crippen molar-refractivity contribution >= 4 is 17.9 Å². The Bertz CT molecular complexity index is 2500. The van der Waals surface area contributed by atoms with Gasteiger partial charge in [0.05, 0.1) is 56.4 Å². The van der Waals surface area contributed by atoms with E-state index in [9.17, 15) is 86.2 Å². The molecule has 9 aliphatic rings. The van der Waals surface area contributed by atoms with Crippen LogP contribution in [0.5, 0.6) is 0 Å². The average molecular weight is 1270 g/mol. The van der Waals surface area contributed by atoms with Gasteiger partial charge >= 0.3 is 17.9 Å². The third-order valence-electron chi connectivity index (χ3n) is 22.8. The van der Waals surface area contributed by atoms with Crippen molar-refractivity contribution in [3.8, 4) is 0 Å². The Kier molecular flexibility index (Phi) is 20.5. The molecule has 0 bridgehead atoms. The van der Waals surface area contributed by atoms with E-state index in [-0.39, 0.29) is 40.6 Å². The van der Waals surface area contributed by atoms with Gasteiger partial charge in [-0.2, -0.15) is 0 Å². The van der Waals surface area contributed by atoms with E-state index in [1.54, 1.807) is 0 Å². The molecule has 0 amide bonds. The summed E-state index contributed by atoms with van der Waals surface area (Å²) in [5.41, 5.74) is -4.37. The number of carbonyl (C=O) groups is 3. The first-order valence-electron chi connectivity index (χ1n) is 30.9. The molecule has 0 radical (unpaired) electrons. The number of fused-ring (bicyclic) bond motifs is 7. The summed E-state index contributed by atoms with van der Waals surface area (Å²) in [5, 5.41) is 172. The Hall–Kier alpha value is -2.73. The topological polar surface area (TPSA) is 458 Å². The molecule has 8 fully saturated rings. The molecule has 504 valence electrons. The van der Waals surface area contributed by atoms with Crippen LogP contribution in [0.25, 0.3) is 0 Å². The molecule has 88 heavy (non-hydrogen) atoms. The van der Waals surface area contributed by atoms with E-state index in [2.05, 4.69) is 40.7 Å². The first-order chi connectivity index (χ1) is 41.1. The number of ether oxygens (including phenoxy) is 9. The molecule has 30 atom stereocenters. The number of hydrogen-bond donors (Lipinski definition) is 16. The van der Waals surface area contributed by atoms with Crippen LogP contribution < -0.4 is 0 Å². The first-order valence-corrected chi connectivity index (χ1v) is 30.9. The minimum atomic E-state index is -2.08. The highest BCUT2D eigenvalue weighted by Crippen LogP contribution is 2.76. The van der Waals surface area contributed by atoms with Crippen molar-refractivity contribution in [2.45, 2.75) is 260 Å². The summed E-state index contributed by atoms with van der Waals surface area (Å²) >= 11 is 0. The van der Waals surface area contributed by atoms with E-state index < -0.39 is 208 Å². The van der Waals surface area contributed by atoms with Crippen molar-refractivity contribution in [1.29, 1.82) is 0 Å². The lowest BCUT2D eigenvalue weighted by molar-refractivity contribution is -0.363. The second-order valence-electron chi connectivity index (χ2n) is 28.9. The maximum absolute atomic E-state index is 15.6. The fraction of sp³-hybridized carbons (Fsp3) is 0.917. The lowest BCUT2D eigenvalue weighted by Gasteiger charge is -2.71. The second-order valence-corrected chi connectivity index (χ2v) is 28.9. The van der Waals surface area contributed by atoms with Crippen molar-refractivity contribution in [1.82, 2.24) is 0 Å². The number of carboxylic acids is 1. The van der Waals surface area contributed by atoms with Gasteiger partial charge in [-0.15, -0.1) is 0 Å². The van der Waals surface area contributed by atoms with Crippen molar-refractivity contribution in [3.05, 3.63) is 11.6 Å². The molecule has 4 saturated carbocycles. The largest absolute Gasteiger partial charge is 0.481 e. The predicted molar refractivity (Wildman–Crippen MR) is 296 cm³/mol. The first kappa shape index (κ1) is 69.6. The molecule has 5 aliphatic carbocycles. The monoisotopic (exact) mass is 1260 g/mol. The molecule has 28 heteroatoms. The molecule has 0 aromatic carbocycles. The minimum Gasteiger partial charge on any atom is -0.481 e. The quantitative estimate of drug-likeness (QED) is 0.0372. The normalized spacial score (nSPS) is 50.0. The Balaban J connectivity index is 0.962. The van der Waals surface area contributed by atoms with Gasteiger partial charge in [-0.1, -0.05) is 53.2 Å². The lowest BCUT2D eigenvalue weighted by atomic mass is 9.33. The predicted octanol–water partition coefficient (Wildman–Crippen LogP) is -2.90. The minimum absolute atomic E-state index is 0.0806. The van der Waals surface area contributed by atoms with Gasteiger partial charge in [-0.25, -0.2) is 0 Å². The van der Waals surface area contributed by atoms with Crippen LogP contribution in [-0.2, 0) is 57.0 Å². The molecular formula is C60H96O28. The number of allylic oxidation sites excluding steroid dienone is 2. The standard InChI is InChI=1S/C60H96O28/c1-54(2)14-16-60(17-15-58(6)26(27(60)18-54)8-9-33-56(4)12-11-34(57(5,25-63)32(56)10-13-59(33,58)7)86-50-45(75)41(71)37(67)28(21-61)82-50)53(78)88-52-47(77)48(87-51-46(76)42(72)38(68)29(22-62)83-51)40(70)31(85-52)24-81-49-44(74)43(73)39(69)30(84-49)23-80-36(66)20-55(3,79)19-35(64)65/h8,27-34,37-52,61-63,67-77,79H,9-25H2,1-7H3,(H,64,65)/t27-,28+,29+,30+,31+,32?,33?,34-,37+,38+,39+,40-,41-,42-,43-,44+,45+,46+,47+,48-,49+,50-,51-,52-,55?,56-,57-,58+,59+,60-/m0/s1. The number of esters is 2. The fourth-order valence-corrected chi connectivity index (χ4v) is 17.3. The summed E-state index contributed by atoms with van der Waals surface area (Å²) in [4.78, 5) is 39.4. The van der Waals surface area contributed by atoms with Gasteiger partial charge in [0.15, 0.2) is 18.9 Å². The van der Waals surface area contributed by atoms with E-state index in [0.29, 0.717) is 57.8 Å². The zero-order valence-corrected chi connectivity index (χ0v) is 51.0.